The van der Waals surface area contributed by atoms with E-state index in [0.29, 0.717) is 17.9 Å². The fourth-order valence-electron chi connectivity index (χ4n) is 1.23. The first-order valence-corrected chi connectivity index (χ1v) is 5.58. The third-order valence-electron chi connectivity index (χ3n) is 2.19. The first kappa shape index (κ1) is 14.2. The van der Waals surface area contributed by atoms with Gasteiger partial charge in [-0.2, -0.15) is 0 Å². The molecule has 1 aromatic carbocycles. The maximum Gasteiger partial charge on any atom is 0.251 e. The van der Waals surface area contributed by atoms with Gasteiger partial charge in [0, 0.05) is 12.1 Å². The Kier molecular flexibility index (Phi) is 5.90. The number of aliphatic hydroxyl groups is 2. The summed E-state index contributed by atoms with van der Waals surface area (Å²) in [5.41, 5.74) is 0.464. The first-order chi connectivity index (χ1) is 8.67. The summed E-state index contributed by atoms with van der Waals surface area (Å²) in [5.74, 6) is 0.347. The van der Waals surface area contributed by atoms with Crippen LogP contribution in [0.15, 0.2) is 36.9 Å². The fourth-order valence-corrected chi connectivity index (χ4v) is 1.23. The highest BCUT2D eigenvalue weighted by Gasteiger charge is 2.08. The number of rotatable bonds is 7. The normalized spacial score (nSPS) is 11.7. The van der Waals surface area contributed by atoms with Gasteiger partial charge in [0.15, 0.2) is 0 Å². The Balaban J connectivity index is 2.50. The molecule has 18 heavy (non-hydrogen) atoms. The van der Waals surface area contributed by atoms with E-state index in [-0.39, 0.29) is 19.1 Å². The quantitative estimate of drug-likeness (QED) is 0.610. The Hall–Kier alpha value is -1.85. The van der Waals surface area contributed by atoms with Gasteiger partial charge in [-0.25, -0.2) is 0 Å². The van der Waals surface area contributed by atoms with E-state index in [2.05, 4.69) is 11.9 Å². The minimum Gasteiger partial charge on any atom is -0.490 e. The summed E-state index contributed by atoms with van der Waals surface area (Å²) >= 11 is 0. The third kappa shape index (κ3) is 4.57. The van der Waals surface area contributed by atoms with Crippen molar-refractivity contribution in [3.8, 4) is 5.75 Å². The van der Waals surface area contributed by atoms with Gasteiger partial charge in [0.25, 0.3) is 5.91 Å². The SMILES string of the molecule is C=CCOc1ccc(C(=O)NCC(O)CO)cc1. The largest absolute Gasteiger partial charge is 0.490 e. The Labute approximate surface area is 106 Å². The second kappa shape index (κ2) is 7.47. The molecule has 0 saturated carbocycles. The van der Waals surface area contributed by atoms with Crippen LogP contribution in [0.4, 0.5) is 0 Å². The summed E-state index contributed by atoms with van der Waals surface area (Å²) in [7, 11) is 0. The first-order valence-electron chi connectivity index (χ1n) is 5.58. The number of nitrogens with one attached hydrogen (secondary N) is 1. The Bertz CT molecular complexity index is 388. The van der Waals surface area contributed by atoms with Crippen LogP contribution in [0.1, 0.15) is 10.4 Å². The lowest BCUT2D eigenvalue weighted by molar-refractivity contribution is 0.0802. The van der Waals surface area contributed by atoms with Crippen LogP contribution in [-0.4, -0.2) is 42.0 Å². The predicted octanol–water partition coefficient (Wildman–Crippen LogP) is 0.334. The number of benzene rings is 1. The molecular weight excluding hydrogens is 234 g/mol. The number of carbonyl (C=O) groups is 1. The average molecular weight is 251 g/mol. The summed E-state index contributed by atoms with van der Waals surface area (Å²) in [6, 6.07) is 6.61. The van der Waals surface area contributed by atoms with Crippen LogP contribution in [0.3, 0.4) is 0 Å². The van der Waals surface area contributed by atoms with Crippen molar-refractivity contribution in [2.75, 3.05) is 19.8 Å². The standard InChI is InChI=1S/C13H17NO4/c1-2-7-18-12-5-3-10(4-6-12)13(17)14-8-11(16)9-15/h2-6,11,15-16H,1,7-9H2,(H,14,17). The molecule has 0 fully saturated rings. The van der Waals surface area contributed by atoms with Crippen LogP contribution >= 0.6 is 0 Å². The maximum atomic E-state index is 11.6. The van der Waals surface area contributed by atoms with E-state index in [4.69, 9.17) is 14.9 Å². The van der Waals surface area contributed by atoms with E-state index in [9.17, 15) is 4.79 Å². The van der Waals surface area contributed by atoms with Crippen LogP contribution in [0.25, 0.3) is 0 Å². The minimum atomic E-state index is -0.941. The van der Waals surface area contributed by atoms with E-state index >= 15 is 0 Å². The molecule has 0 aliphatic heterocycles. The van der Waals surface area contributed by atoms with Crippen molar-refractivity contribution < 1.29 is 19.7 Å². The Morgan fingerprint density at radius 1 is 1.44 bits per heavy atom. The van der Waals surface area contributed by atoms with Gasteiger partial charge in [-0.15, -0.1) is 0 Å². The van der Waals surface area contributed by atoms with Crippen LogP contribution in [0, 0.1) is 0 Å². The molecule has 0 heterocycles. The van der Waals surface area contributed by atoms with Crippen molar-refractivity contribution in [2.24, 2.45) is 0 Å². The summed E-state index contributed by atoms with van der Waals surface area (Å²) in [6.07, 6.45) is 0.695. The number of amides is 1. The summed E-state index contributed by atoms with van der Waals surface area (Å²) in [5, 5.41) is 20.2. The van der Waals surface area contributed by atoms with Gasteiger partial charge in [0.05, 0.1) is 12.7 Å². The molecule has 0 saturated heterocycles. The van der Waals surface area contributed by atoms with Crippen molar-refractivity contribution in [3.05, 3.63) is 42.5 Å². The van der Waals surface area contributed by atoms with Gasteiger partial charge >= 0.3 is 0 Å². The summed E-state index contributed by atoms with van der Waals surface area (Å²) < 4.78 is 5.28. The van der Waals surface area contributed by atoms with E-state index in [0.717, 1.165) is 0 Å². The molecule has 0 radical (unpaired) electrons. The molecule has 1 aromatic rings. The number of aliphatic hydroxyl groups excluding tert-OH is 2. The molecule has 98 valence electrons. The van der Waals surface area contributed by atoms with E-state index < -0.39 is 6.10 Å². The highest BCUT2D eigenvalue weighted by molar-refractivity contribution is 5.94. The maximum absolute atomic E-state index is 11.6. The third-order valence-corrected chi connectivity index (χ3v) is 2.19. The van der Waals surface area contributed by atoms with Crippen LogP contribution < -0.4 is 10.1 Å². The molecule has 0 aromatic heterocycles. The molecule has 0 aliphatic carbocycles. The number of hydrogen-bond acceptors (Lipinski definition) is 4. The molecule has 5 nitrogen and oxygen atoms in total. The molecule has 1 amide bonds. The highest BCUT2D eigenvalue weighted by Crippen LogP contribution is 2.12. The second-order valence-electron chi connectivity index (χ2n) is 3.67. The van der Waals surface area contributed by atoms with Crippen molar-refractivity contribution in [1.82, 2.24) is 5.32 Å². The Morgan fingerprint density at radius 3 is 2.67 bits per heavy atom. The molecule has 1 atom stereocenters. The molecule has 0 spiro atoms. The van der Waals surface area contributed by atoms with Gasteiger partial charge in [-0.1, -0.05) is 12.7 Å². The van der Waals surface area contributed by atoms with Crippen LogP contribution in [-0.2, 0) is 0 Å². The lowest BCUT2D eigenvalue weighted by Crippen LogP contribution is -2.33. The lowest BCUT2D eigenvalue weighted by Gasteiger charge is -2.09. The second-order valence-corrected chi connectivity index (χ2v) is 3.67. The number of carbonyl (C=O) groups excluding carboxylic acids is 1. The van der Waals surface area contributed by atoms with Crippen LogP contribution in [0.5, 0.6) is 5.75 Å². The van der Waals surface area contributed by atoms with Crippen molar-refractivity contribution in [2.45, 2.75) is 6.10 Å². The molecular formula is C13H17NO4. The molecule has 0 bridgehead atoms. The minimum absolute atomic E-state index is 0.0179. The zero-order chi connectivity index (χ0) is 13.4. The van der Waals surface area contributed by atoms with Crippen molar-refractivity contribution in [1.29, 1.82) is 0 Å². The van der Waals surface area contributed by atoms with Gasteiger partial charge in [0.2, 0.25) is 0 Å². The molecule has 5 heteroatoms. The van der Waals surface area contributed by atoms with Gasteiger partial charge < -0.3 is 20.3 Å². The van der Waals surface area contributed by atoms with E-state index in [1.165, 1.54) is 0 Å². The van der Waals surface area contributed by atoms with Crippen molar-refractivity contribution >= 4 is 5.91 Å². The van der Waals surface area contributed by atoms with E-state index in [1.807, 2.05) is 0 Å². The lowest BCUT2D eigenvalue weighted by atomic mass is 10.2. The Morgan fingerprint density at radius 2 is 2.11 bits per heavy atom. The smallest absolute Gasteiger partial charge is 0.251 e. The topological polar surface area (TPSA) is 78.8 Å². The summed E-state index contributed by atoms with van der Waals surface area (Å²) in [4.78, 5) is 11.6. The predicted molar refractivity (Wildman–Crippen MR) is 67.6 cm³/mol. The van der Waals surface area contributed by atoms with Gasteiger partial charge in [-0.3, -0.25) is 4.79 Å². The molecule has 1 rings (SSSR count). The number of ether oxygens (including phenoxy) is 1. The fraction of sp³-hybridized carbons (Fsp3) is 0.308. The van der Waals surface area contributed by atoms with Gasteiger partial charge in [-0.05, 0) is 24.3 Å². The van der Waals surface area contributed by atoms with Crippen molar-refractivity contribution in [3.63, 3.8) is 0 Å². The highest BCUT2D eigenvalue weighted by atomic mass is 16.5. The average Bonchev–Trinajstić information content (AvgIpc) is 2.42. The van der Waals surface area contributed by atoms with Crippen LogP contribution in [0.2, 0.25) is 0 Å². The molecule has 1 unspecified atom stereocenters. The monoisotopic (exact) mass is 251 g/mol. The number of hydrogen-bond donors (Lipinski definition) is 3. The molecule has 0 aliphatic rings. The zero-order valence-corrected chi connectivity index (χ0v) is 10.0. The molecule has 3 N–H and O–H groups in total. The van der Waals surface area contributed by atoms with Gasteiger partial charge in [0.1, 0.15) is 12.4 Å². The summed E-state index contributed by atoms with van der Waals surface area (Å²) in [6.45, 7) is 3.59. The zero-order valence-electron chi connectivity index (χ0n) is 10.0. The van der Waals surface area contributed by atoms with E-state index in [1.54, 1.807) is 30.3 Å².